The highest BCUT2D eigenvalue weighted by molar-refractivity contribution is 5.95. The third kappa shape index (κ3) is 5.77. The highest BCUT2D eigenvalue weighted by atomic mass is 19.4. The van der Waals surface area contributed by atoms with Crippen LogP contribution in [0.25, 0.3) is 0 Å². The van der Waals surface area contributed by atoms with Crippen molar-refractivity contribution in [1.82, 2.24) is 5.32 Å². The zero-order chi connectivity index (χ0) is 16.9. The molecular weight excluding hydrogens is 309 g/mol. The van der Waals surface area contributed by atoms with Crippen LogP contribution in [0, 0.1) is 5.92 Å². The summed E-state index contributed by atoms with van der Waals surface area (Å²) in [4.78, 5) is 23.4. The number of rotatable bonds is 5. The van der Waals surface area contributed by atoms with Gasteiger partial charge in [-0.25, -0.2) is 0 Å². The van der Waals surface area contributed by atoms with E-state index in [1.54, 1.807) is 5.32 Å². The maximum Gasteiger partial charge on any atom is 0.405 e. The van der Waals surface area contributed by atoms with Gasteiger partial charge in [-0.1, -0.05) is 12.2 Å². The summed E-state index contributed by atoms with van der Waals surface area (Å²) in [7, 11) is 0. The van der Waals surface area contributed by atoms with E-state index >= 15 is 0 Å². The number of allylic oxidation sites excluding steroid dienone is 2. The molecule has 1 aromatic carbocycles. The first-order chi connectivity index (χ1) is 10.8. The van der Waals surface area contributed by atoms with Crippen molar-refractivity contribution in [3.05, 3.63) is 42.0 Å². The lowest BCUT2D eigenvalue weighted by molar-refractivity contribution is -0.123. The predicted molar refractivity (Wildman–Crippen MR) is 79.9 cm³/mol. The van der Waals surface area contributed by atoms with E-state index in [0.29, 0.717) is 12.1 Å². The molecule has 124 valence electrons. The van der Waals surface area contributed by atoms with Gasteiger partial charge in [-0.2, -0.15) is 13.2 Å². The average molecular weight is 326 g/mol. The number of hydrogen-bond acceptors (Lipinski definition) is 2. The quantitative estimate of drug-likeness (QED) is 0.816. The van der Waals surface area contributed by atoms with Crippen molar-refractivity contribution in [3.63, 3.8) is 0 Å². The van der Waals surface area contributed by atoms with Crippen LogP contribution in [0.4, 0.5) is 18.9 Å². The fraction of sp³-hybridized carbons (Fsp3) is 0.375. The summed E-state index contributed by atoms with van der Waals surface area (Å²) in [6.45, 7) is -1.38. The van der Waals surface area contributed by atoms with Crippen molar-refractivity contribution in [2.24, 2.45) is 5.92 Å². The number of halogens is 3. The summed E-state index contributed by atoms with van der Waals surface area (Å²) >= 11 is 0. The number of carbonyl (C=O) groups excluding carboxylic acids is 2. The molecule has 4 nitrogen and oxygen atoms in total. The van der Waals surface area contributed by atoms with Crippen molar-refractivity contribution in [3.8, 4) is 0 Å². The average Bonchev–Trinajstić information content (AvgIpc) is 2.97. The number of alkyl halides is 3. The van der Waals surface area contributed by atoms with Crippen LogP contribution in [-0.4, -0.2) is 24.5 Å². The first kappa shape index (κ1) is 17.1. The summed E-state index contributed by atoms with van der Waals surface area (Å²) in [5.41, 5.74) is 0.607. The zero-order valence-electron chi connectivity index (χ0n) is 12.3. The Balaban J connectivity index is 1.85. The zero-order valence-corrected chi connectivity index (χ0v) is 12.3. The summed E-state index contributed by atoms with van der Waals surface area (Å²) < 4.78 is 36.1. The summed E-state index contributed by atoms with van der Waals surface area (Å²) in [5, 5.41) is 4.50. The topological polar surface area (TPSA) is 58.2 Å². The molecular formula is C16H17F3N2O2. The Morgan fingerprint density at radius 1 is 1.17 bits per heavy atom. The van der Waals surface area contributed by atoms with Crippen molar-refractivity contribution in [1.29, 1.82) is 0 Å². The number of anilines is 1. The molecule has 1 atom stereocenters. The fourth-order valence-electron chi connectivity index (χ4n) is 2.30. The monoisotopic (exact) mass is 326 g/mol. The van der Waals surface area contributed by atoms with Gasteiger partial charge in [0.05, 0.1) is 0 Å². The predicted octanol–water partition coefficient (Wildman–Crippen LogP) is 3.27. The molecule has 0 aromatic heterocycles. The van der Waals surface area contributed by atoms with Crippen LogP contribution >= 0.6 is 0 Å². The van der Waals surface area contributed by atoms with E-state index in [1.165, 1.54) is 24.3 Å². The van der Waals surface area contributed by atoms with Crippen molar-refractivity contribution in [2.45, 2.75) is 25.4 Å². The SMILES string of the molecule is O=C(C[C@H]1C=CCC1)Nc1ccc(C(=O)NCC(F)(F)F)cc1. The Labute approximate surface area is 131 Å². The molecule has 0 heterocycles. The molecule has 2 rings (SSSR count). The highest BCUT2D eigenvalue weighted by Gasteiger charge is 2.27. The van der Waals surface area contributed by atoms with Crippen molar-refractivity contribution in [2.75, 3.05) is 11.9 Å². The van der Waals surface area contributed by atoms with Gasteiger partial charge >= 0.3 is 6.18 Å². The Kier molecular flexibility index (Phi) is 5.41. The molecule has 7 heteroatoms. The van der Waals surface area contributed by atoms with Gasteiger partial charge in [-0.15, -0.1) is 0 Å². The van der Waals surface area contributed by atoms with Gasteiger partial charge in [0.2, 0.25) is 5.91 Å². The van der Waals surface area contributed by atoms with Gasteiger partial charge in [0.15, 0.2) is 0 Å². The number of carbonyl (C=O) groups is 2. The van der Waals surface area contributed by atoms with Crippen LogP contribution in [0.3, 0.4) is 0 Å². The molecule has 1 aliphatic carbocycles. The Morgan fingerprint density at radius 3 is 2.43 bits per heavy atom. The first-order valence-corrected chi connectivity index (χ1v) is 7.25. The van der Waals surface area contributed by atoms with E-state index in [0.717, 1.165) is 12.8 Å². The van der Waals surface area contributed by atoms with Crippen molar-refractivity contribution >= 4 is 17.5 Å². The number of benzene rings is 1. The van der Waals surface area contributed by atoms with E-state index in [-0.39, 0.29) is 17.4 Å². The van der Waals surface area contributed by atoms with E-state index in [2.05, 4.69) is 5.32 Å². The van der Waals surface area contributed by atoms with Crippen LogP contribution in [-0.2, 0) is 4.79 Å². The third-order valence-corrected chi connectivity index (χ3v) is 3.44. The van der Waals surface area contributed by atoms with Gasteiger partial charge < -0.3 is 10.6 Å². The van der Waals surface area contributed by atoms with Gasteiger partial charge in [-0.05, 0) is 43.0 Å². The molecule has 0 unspecified atom stereocenters. The fourth-order valence-corrected chi connectivity index (χ4v) is 2.30. The van der Waals surface area contributed by atoms with E-state index in [4.69, 9.17) is 0 Å². The minimum absolute atomic E-state index is 0.103. The largest absolute Gasteiger partial charge is 0.405 e. The number of hydrogen-bond donors (Lipinski definition) is 2. The smallest absolute Gasteiger partial charge is 0.343 e. The second-order valence-electron chi connectivity index (χ2n) is 5.39. The Hall–Kier alpha value is -2.31. The molecule has 0 fully saturated rings. The highest BCUT2D eigenvalue weighted by Crippen LogP contribution is 2.21. The lowest BCUT2D eigenvalue weighted by atomic mass is 10.0. The maximum absolute atomic E-state index is 12.0. The summed E-state index contributed by atoms with van der Waals surface area (Å²) in [5.74, 6) is -0.686. The minimum atomic E-state index is -4.45. The van der Waals surface area contributed by atoms with Crippen LogP contribution in [0.15, 0.2) is 36.4 Å². The van der Waals surface area contributed by atoms with Crippen LogP contribution in [0.2, 0.25) is 0 Å². The van der Waals surface area contributed by atoms with E-state index in [9.17, 15) is 22.8 Å². The van der Waals surface area contributed by atoms with Gasteiger partial charge in [-0.3, -0.25) is 9.59 Å². The first-order valence-electron chi connectivity index (χ1n) is 7.25. The van der Waals surface area contributed by atoms with Gasteiger partial charge in [0.1, 0.15) is 6.54 Å². The lowest BCUT2D eigenvalue weighted by Gasteiger charge is -2.10. The molecule has 0 saturated heterocycles. The molecule has 2 N–H and O–H groups in total. The molecule has 2 amide bonds. The van der Waals surface area contributed by atoms with E-state index < -0.39 is 18.6 Å². The second kappa shape index (κ2) is 7.30. The molecule has 23 heavy (non-hydrogen) atoms. The van der Waals surface area contributed by atoms with Gasteiger partial charge in [0, 0.05) is 17.7 Å². The second-order valence-corrected chi connectivity index (χ2v) is 5.39. The lowest BCUT2D eigenvalue weighted by Crippen LogP contribution is -2.33. The van der Waals surface area contributed by atoms with Gasteiger partial charge in [0.25, 0.3) is 5.91 Å². The molecule has 0 bridgehead atoms. The normalized spacial score (nSPS) is 17.1. The van der Waals surface area contributed by atoms with Crippen LogP contribution in [0.1, 0.15) is 29.6 Å². The summed E-state index contributed by atoms with van der Waals surface area (Å²) in [6.07, 6.45) is 1.97. The minimum Gasteiger partial charge on any atom is -0.343 e. The van der Waals surface area contributed by atoms with Crippen LogP contribution in [0.5, 0.6) is 0 Å². The molecule has 0 saturated carbocycles. The molecule has 0 spiro atoms. The molecule has 0 aliphatic heterocycles. The maximum atomic E-state index is 12.0. The Bertz CT molecular complexity index is 594. The third-order valence-electron chi connectivity index (χ3n) is 3.44. The molecule has 0 radical (unpaired) electrons. The van der Waals surface area contributed by atoms with E-state index in [1.807, 2.05) is 12.2 Å². The number of amides is 2. The van der Waals surface area contributed by atoms with Crippen molar-refractivity contribution < 1.29 is 22.8 Å². The standard InChI is InChI=1S/C16H17F3N2O2/c17-16(18,19)10-20-15(23)12-5-7-13(8-6-12)21-14(22)9-11-3-1-2-4-11/h1,3,5-8,11H,2,4,9-10H2,(H,20,23)(H,21,22)/t11-/m0/s1. The Morgan fingerprint density at radius 2 is 1.87 bits per heavy atom. The number of nitrogens with one attached hydrogen (secondary N) is 2. The molecule has 1 aromatic rings. The van der Waals surface area contributed by atoms with Crippen LogP contribution < -0.4 is 10.6 Å². The molecule has 1 aliphatic rings. The summed E-state index contributed by atoms with van der Waals surface area (Å²) in [6, 6.07) is 5.73.